The van der Waals surface area contributed by atoms with E-state index in [1.54, 1.807) is 0 Å². The third kappa shape index (κ3) is 5.94. The summed E-state index contributed by atoms with van der Waals surface area (Å²) in [5.74, 6) is 0.0338. The maximum absolute atomic E-state index is 11.5. The molecule has 1 aliphatic rings. The zero-order valence-electron chi connectivity index (χ0n) is 9.28. The number of carbonyl (C=O) groups excluding carboxylic acids is 1. The Bertz CT molecular complexity index is 184. The third-order valence-electron chi connectivity index (χ3n) is 2.10. The van der Waals surface area contributed by atoms with Crippen LogP contribution in [0, 0.1) is 0 Å². The fraction of sp³-hybridized carbons (Fsp3) is 0.889. The van der Waals surface area contributed by atoms with Gasteiger partial charge in [0, 0.05) is 19.6 Å². The molecule has 0 aromatic heterocycles. The summed E-state index contributed by atoms with van der Waals surface area (Å²) in [6.45, 7) is 3.48. The molecule has 0 radical (unpaired) electrons. The van der Waals surface area contributed by atoms with Gasteiger partial charge in [0.2, 0.25) is 5.91 Å². The van der Waals surface area contributed by atoms with Crippen LogP contribution in [0.2, 0.25) is 0 Å². The zero-order chi connectivity index (χ0) is 10.4. The second-order valence-corrected chi connectivity index (χ2v) is 3.68. The lowest BCUT2D eigenvalue weighted by Gasteiger charge is -2.23. The Morgan fingerprint density at radius 3 is 2.87 bits per heavy atom. The van der Waals surface area contributed by atoms with Gasteiger partial charge >= 0.3 is 0 Å². The lowest BCUT2D eigenvalue weighted by Crippen LogP contribution is -2.52. The van der Waals surface area contributed by atoms with Crippen molar-refractivity contribution in [1.29, 1.82) is 0 Å². The van der Waals surface area contributed by atoms with Crippen molar-refractivity contribution in [2.45, 2.75) is 6.04 Å². The molecule has 1 rings (SSSR count). The molecule has 0 aromatic carbocycles. The van der Waals surface area contributed by atoms with Crippen LogP contribution >= 0.6 is 12.4 Å². The Labute approximate surface area is 96.9 Å². The number of ether oxygens (including phenoxy) is 1. The summed E-state index contributed by atoms with van der Waals surface area (Å²) in [5.41, 5.74) is 0. The maximum Gasteiger partial charge on any atom is 0.239 e. The molecule has 0 aliphatic carbocycles. The van der Waals surface area contributed by atoms with Gasteiger partial charge in [0.1, 0.15) is 6.04 Å². The van der Waals surface area contributed by atoms with Crippen LogP contribution in [0.25, 0.3) is 0 Å². The first-order valence-electron chi connectivity index (χ1n) is 4.93. The SMILES string of the molecule is CN(C)CCNC(=O)C1COCCN1.Cl. The lowest BCUT2D eigenvalue weighted by molar-refractivity contribution is -0.125. The van der Waals surface area contributed by atoms with Gasteiger partial charge in [-0.2, -0.15) is 0 Å². The Hall–Kier alpha value is -0.360. The van der Waals surface area contributed by atoms with Crippen molar-refractivity contribution in [2.75, 3.05) is 46.9 Å². The normalized spacial score (nSPS) is 20.9. The first-order chi connectivity index (χ1) is 6.70. The summed E-state index contributed by atoms with van der Waals surface area (Å²) < 4.78 is 5.20. The number of morpholine rings is 1. The lowest BCUT2D eigenvalue weighted by atomic mass is 10.2. The number of nitrogens with one attached hydrogen (secondary N) is 2. The Kier molecular flexibility index (Phi) is 7.68. The molecule has 5 nitrogen and oxygen atoms in total. The maximum atomic E-state index is 11.5. The molecule has 0 saturated carbocycles. The highest BCUT2D eigenvalue weighted by Gasteiger charge is 2.20. The fourth-order valence-electron chi connectivity index (χ4n) is 1.26. The number of hydrogen-bond acceptors (Lipinski definition) is 4. The van der Waals surface area contributed by atoms with E-state index >= 15 is 0 Å². The second-order valence-electron chi connectivity index (χ2n) is 3.68. The minimum atomic E-state index is -0.175. The molecule has 1 amide bonds. The van der Waals surface area contributed by atoms with Crippen molar-refractivity contribution < 1.29 is 9.53 Å². The highest BCUT2D eigenvalue weighted by molar-refractivity contribution is 5.85. The summed E-state index contributed by atoms with van der Waals surface area (Å²) in [5, 5.41) is 5.97. The smallest absolute Gasteiger partial charge is 0.239 e. The number of amides is 1. The largest absolute Gasteiger partial charge is 0.378 e. The van der Waals surface area contributed by atoms with E-state index in [9.17, 15) is 4.79 Å². The van der Waals surface area contributed by atoms with Gasteiger partial charge in [0.15, 0.2) is 0 Å². The van der Waals surface area contributed by atoms with E-state index in [2.05, 4.69) is 10.6 Å². The summed E-state index contributed by atoms with van der Waals surface area (Å²) >= 11 is 0. The van der Waals surface area contributed by atoms with Crippen LogP contribution in [0.1, 0.15) is 0 Å². The van der Waals surface area contributed by atoms with E-state index in [1.165, 1.54) is 0 Å². The number of likely N-dealkylation sites (N-methyl/N-ethyl adjacent to an activating group) is 1. The predicted molar refractivity (Wildman–Crippen MR) is 61.4 cm³/mol. The number of nitrogens with zero attached hydrogens (tertiary/aromatic N) is 1. The van der Waals surface area contributed by atoms with Crippen molar-refractivity contribution in [1.82, 2.24) is 15.5 Å². The van der Waals surface area contributed by atoms with Crippen LogP contribution in [-0.4, -0.2) is 63.8 Å². The summed E-state index contributed by atoms with van der Waals surface area (Å²) in [4.78, 5) is 13.5. The Morgan fingerprint density at radius 2 is 2.33 bits per heavy atom. The van der Waals surface area contributed by atoms with Gasteiger partial charge in [-0.1, -0.05) is 0 Å². The minimum absolute atomic E-state index is 0. The third-order valence-corrected chi connectivity index (χ3v) is 2.10. The number of rotatable bonds is 4. The van der Waals surface area contributed by atoms with Crippen LogP contribution in [0.15, 0.2) is 0 Å². The topological polar surface area (TPSA) is 53.6 Å². The molecule has 0 spiro atoms. The monoisotopic (exact) mass is 237 g/mol. The molecule has 1 unspecified atom stereocenters. The van der Waals surface area contributed by atoms with E-state index in [0.29, 0.717) is 19.8 Å². The molecule has 1 fully saturated rings. The van der Waals surface area contributed by atoms with Gasteiger partial charge in [-0.3, -0.25) is 4.79 Å². The summed E-state index contributed by atoms with van der Waals surface area (Å²) in [7, 11) is 3.96. The molecule has 90 valence electrons. The first kappa shape index (κ1) is 14.6. The van der Waals surface area contributed by atoms with Crippen molar-refractivity contribution >= 4 is 18.3 Å². The van der Waals surface area contributed by atoms with Gasteiger partial charge in [0.25, 0.3) is 0 Å². The molecule has 1 aliphatic heterocycles. The molecule has 1 saturated heterocycles. The van der Waals surface area contributed by atoms with Gasteiger partial charge in [0.05, 0.1) is 13.2 Å². The molecule has 15 heavy (non-hydrogen) atoms. The summed E-state index contributed by atoms with van der Waals surface area (Å²) in [6.07, 6.45) is 0. The van der Waals surface area contributed by atoms with Crippen molar-refractivity contribution in [3.63, 3.8) is 0 Å². The Morgan fingerprint density at radius 1 is 1.60 bits per heavy atom. The van der Waals surface area contributed by atoms with Crippen molar-refractivity contribution in [3.8, 4) is 0 Å². The van der Waals surface area contributed by atoms with Crippen LogP contribution < -0.4 is 10.6 Å². The Balaban J connectivity index is 0.00000196. The number of hydrogen-bond donors (Lipinski definition) is 2. The van der Waals surface area contributed by atoms with Gasteiger partial charge in [-0.25, -0.2) is 0 Å². The van der Waals surface area contributed by atoms with Crippen LogP contribution in [0.5, 0.6) is 0 Å². The van der Waals surface area contributed by atoms with E-state index < -0.39 is 0 Å². The van der Waals surface area contributed by atoms with Crippen molar-refractivity contribution in [3.05, 3.63) is 0 Å². The van der Waals surface area contributed by atoms with Gasteiger partial charge in [-0.15, -0.1) is 12.4 Å². The average molecular weight is 238 g/mol. The molecule has 6 heteroatoms. The molecule has 0 aromatic rings. The first-order valence-corrected chi connectivity index (χ1v) is 4.93. The van der Waals surface area contributed by atoms with E-state index in [-0.39, 0.29) is 24.4 Å². The predicted octanol–water partition coefficient (Wildman–Crippen LogP) is -0.926. The average Bonchev–Trinajstić information content (AvgIpc) is 2.18. The van der Waals surface area contributed by atoms with Crippen LogP contribution in [0.4, 0.5) is 0 Å². The van der Waals surface area contributed by atoms with Gasteiger partial charge in [-0.05, 0) is 14.1 Å². The molecule has 0 bridgehead atoms. The van der Waals surface area contributed by atoms with Gasteiger partial charge < -0.3 is 20.3 Å². The van der Waals surface area contributed by atoms with Crippen molar-refractivity contribution in [2.24, 2.45) is 0 Å². The summed E-state index contributed by atoms with van der Waals surface area (Å²) in [6, 6.07) is -0.175. The molecule has 1 atom stereocenters. The molecular weight excluding hydrogens is 218 g/mol. The van der Waals surface area contributed by atoms with Crippen LogP contribution in [0.3, 0.4) is 0 Å². The van der Waals surface area contributed by atoms with E-state index in [0.717, 1.165) is 13.1 Å². The molecule has 1 heterocycles. The van der Waals surface area contributed by atoms with E-state index in [1.807, 2.05) is 19.0 Å². The second kappa shape index (κ2) is 7.87. The standard InChI is InChI=1S/C9H19N3O2.ClH/c1-12(2)5-3-11-9(13)8-7-14-6-4-10-8;/h8,10H,3-7H2,1-2H3,(H,11,13);1H. The highest BCUT2D eigenvalue weighted by atomic mass is 35.5. The number of carbonyl (C=O) groups is 1. The zero-order valence-corrected chi connectivity index (χ0v) is 10.1. The molecule has 2 N–H and O–H groups in total. The van der Waals surface area contributed by atoms with E-state index in [4.69, 9.17) is 4.74 Å². The molecular formula is C9H20ClN3O2. The number of halogens is 1. The quantitative estimate of drug-likeness (QED) is 0.664. The minimum Gasteiger partial charge on any atom is -0.378 e. The fourth-order valence-corrected chi connectivity index (χ4v) is 1.26. The van der Waals surface area contributed by atoms with Crippen LogP contribution in [-0.2, 0) is 9.53 Å². The highest BCUT2D eigenvalue weighted by Crippen LogP contribution is 1.92.